The second-order valence-electron chi connectivity index (χ2n) is 1.07. The summed E-state index contributed by atoms with van der Waals surface area (Å²) in [5, 5.41) is 3.02. The molecule has 0 amide bonds. The van der Waals surface area contributed by atoms with Crippen LogP contribution in [0, 0.1) is 0 Å². The third-order valence-electron chi connectivity index (χ3n) is 0.538. The molecule has 0 aromatic rings. The monoisotopic (exact) mass is 135 g/mol. The van der Waals surface area contributed by atoms with E-state index in [1.807, 2.05) is 7.05 Å². The minimum absolute atomic E-state index is 1.04. The molecule has 0 aromatic carbocycles. The Bertz CT molecular complexity index is 47.0. The third kappa shape index (κ3) is 6.40. The van der Waals surface area contributed by atoms with Crippen molar-refractivity contribution >= 4 is 28.7 Å². The van der Waals surface area contributed by atoms with Gasteiger partial charge in [-0.2, -0.15) is 0 Å². The molecular weight excluding hydrogens is 126 g/mol. The van der Waals surface area contributed by atoms with Gasteiger partial charge in [0.1, 0.15) is 0 Å². The quantitative estimate of drug-likeness (QED) is 0.454. The van der Waals surface area contributed by atoms with E-state index < -0.39 is 0 Å². The first kappa shape index (κ1) is 7.40. The zero-order valence-corrected chi connectivity index (χ0v) is 5.94. The predicted molar refractivity (Wildman–Crippen MR) is 40.0 cm³/mol. The Balaban J connectivity index is 2.56. The number of thioether (sulfide) groups is 1. The molecule has 0 unspecified atom stereocenters. The molecule has 0 aliphatic carbocycles. The molecule has 0 atom stereocenters. The largest absolute Gasteiger partial charge is 0.319 e. The van der Waals surface area contributed by atoms with Crippen LogP contribution in [-0.2, 0) is 0 Å². The molecule has 1 nitrogen and oxygen atoms in total. The highest BCUT2D eigenvalue weighted by atomic mass is 32.2. The van der Waals surface area contributed by atoms with Crippen molar-refractivity contribution in [2.24, 2.45) is 0 Å². The summed E-state index contributed by atoms with van der Waals surface area (Å²) >= 11 is 6.24. The van der Waals surface area contributed by atoms with Crippen molar-refractivity contribution in [2.75, 3.05) is 19.3 Å². The Kier molecular flexibility index (Phi) is 6.77. The van der Waals surface area contributed by atoms with Crippen molar-refractivity contribution in [2.45, 2.75) is 0 Å². The Morgan fingerprint density at radius 2 is 2.57 bits per heavy atom. The molecule has 0 spiro atoms. The molecule has 0 aromatic heterocycles. The zero-order chi connectivity index (χ0) is 5.54. The Hall–Kier alpha value is 0.400. The molecule has 3 heteroatoms. The number of thiocarbonyl (C=S) groups is 1. The molecule has 1 N–H and O–H groups in total. The second kappa shape index (κ2) is 6.40. The molecule has 0 saturated heterocycles. The summed E-state index contributed by atoms with van der Waals surface area (Å²) in [4.78, 5) is 0. The molecule has 0 saturated carbocycles. The van der Waals surface area contributed by atoms with Gasteiger partial charge in [0, 0.05) is 17.0 Å². The SMILES string of the molecule is CNCCSC=S. The third-order valence-corrected chi connectivity index (χ3v) is 1.52. The van der Waals surface area contributed by atoms with Crippen LogP contribution in [0.25, 0.3) is 0 Å². The van der Waals surface area contributed by atoms with Crippen LogP contribution in [0.1, 0.15) is 0 Å². The average Bonchev–Trinajstić information content (AvgIpc) is 1.69. The molecule has 0 aliphatic heterocycles. The van der Waals surface area contributed by atoms with E-state index in [2.05, 4.69) is 17.5 Å². The van der Waals surface area contributed by atoms with Gasteiger partial charge in [0.2, 0.25) is 0 Å². The molecular formula is C4H9NS2. The van der Waals surface area contributed by atoms with E-state index >= 15 is 0 Å². The summed E-state index contributed by atoms with van der Waals surface area (Å²) in [6, 6.07) is 0. The van der Waals surface area contributed by atoms with Crippen molar-refractivity contribution < 1.29 is 0 Å². The zero-order valence-electron chi connectivity index (χ0n) is 4.31. The highest BCUT2D eigenvalue weighted by molar-refractivity contribution is 8.20. The smallest absolute Gasteiger partial charge is 0.0342 e. The van der Waals surface area contributed by atoms with E-state index in [-0.39, 0.29) is 0 Å². The topological polar surface area (TPSA) is 12.0 Å². The van der Waals surface area contributed by atoms with Gasteiger partial charge < -0.3 is 5.32 Å². The van der Waals surface area contributed by atoms with Crippen LogP contribution in [0.5, 0.6) is 0 Å². The molecule has 0 rings (SSSR count). The van der Waals surface area contributed by atoms with E-state index in [0.29, 0.717) is 0 Å². The van der Waals surface area contributed by atoms with E-state index in [1.165, 1.54) is 0 Å². The van der Waals surface area contributed by atoms with Crippen LogP contribution in [0.4, 0.5) is 0 Å². The molecule has 0 bridgehead atoms. The summed E-state index contributed by atoms with van der Waals surface area (Å²) in [6.07, 6.45) is 0. The first-order valence-electron chi connectivity index (χ1n) is 2.11. The van der Waals surface area contributed by atoms with Gasteiger partial charge in [0.25, 0.3) is 0 Å². The van der Waals surface area contributed by atoms with Gasteiger partial charge in [-0.05, 0) is 7.05 Å². The molecule has 0 fully saturated rings. The lowest BCUT2D eigenvalue weighted by molar-refractivity contribution is 0.873. The fourth-order valence-corrected chi connectivity index (χ4v) is 0.916. The summed E-state index contributed by atoms with van der Waals surface area (Å²) in [5.74, 6) is 1.08. The van der Waals surface area contributed by atoms with Crippen LogP contribution in [0.15, 0.2) is 0 Å². The highest BCUT2D eigenvalue weighted by Gasteiger charge is 1.76. The van der Waals surface area contributed by atoms with Crippen molar-refractivity contribution in [3.8, 4) is 0 Å². The van der Waals surface area contributed by atoms with Crippen molar-refractivity contribution in [3.63, 3.8) is 0 Å². The van der Waals surface area contributed by atoms with Crippen LogP contribution < -0.4 is 5.32 Å². The Labute approximate surface area is 53.9 Å². The Morgan fingerprint density at radius 1 is 1.86 bits per heavy atom. The van der Waals surface area contributed by atoms with Crippen LogP contribution in [0.2, 0.25) is 0 Å². The van der Waals surface area contributed by atoms with Gasteiger partial charge >= 0.3 is 0 Å². The summed E-state index contributed by atoms with van der Waals surface area (Å²) in [6.45, 7) is 1.04. The second-order valence-corrected chi connectivity index (χ2v) is 2.58. The maximum Gasteiger partial charge on any atom is 0.0342 e. The Morgan fingerprint density at radius 3 is 3.00 bits per heavy atom. The molecule has 7 heavy (non-hydrogen) atoms. The number of hydrogen-bond donors (Lipinski definition) is 1. The lowest BCUT2D eigenvalue weighted by Crippen LogP contribution is -2.09. The minimum atomic E-state index is 1.04. The average molecular weight is 135 g/mol. The summed E-state index contributed by atoms with van der Waals surface area (Å²) in [5.41, 5.74) is 0. The molecule has 0 aliphatic rings. The number of hydrogen-bond acceptors (Lipinski definition) is 3. The lowest BCUT2D eigenvalue weighted by Gasteiger charge is -1.90. The summed E-state index contributed by atoms with van der Waals surface area (Å²) < 4.78 is 1.69. The maximum atomic E-state index is 4.58. The van der Waals surface area contributed by atoms with Gasteiger partial charge in [-0.1, -0.05) is 12.2 Å². The van der Waals surface area contributed by atoms with Crippen LogP contribution in [0.3, 0.4) is 0 Å². The first-order valence-corrected chi connectivity index (χ1v) is 3.63. The van der Waals surface area contributed by atoms with E-state index in [9.17, 15) is 0 Å². The van der Waals surface area contributed by atoms with Crippen molar-refractivity contribution in [3.05, 3.63) is 0 Å². The number of nitrogens with one attached hydrogen (secondary N) is 1. The van der Waals surface area contributed by atoms with Gasteiger partial charge in [0.05, 0.1) is 0 Å². The standard InChI is InChI=1S/C4H9NS2/c1-5-2-3-7-4-6/h4-5H,2-3H2,1H3. The normalized spacial score (nSPS) is 8.71. The van der Waals surface area contributed by atoms with Crippen molar-refractivity contribution in [1.82, 2.24) is 5.32 Å². The van der Waals surface area contributed by atoms with Crippen LogP contribution in [-0.4, -0.2) is 24.0 Å². The van der Waals surface area contributed by atoms with E-state index in [1.54, 1.807) is 16.5 Å². The predicted octanol–water partition coefficient (Wildman–Crippen LogP) is 0.896. The maximum absolute atomic E-state index is 4.58. The summed E-state index contributed by atoms with van der Waals surface area (Å²) in [7, 11) is 1.93. The lowest BCUT2D eigenvalue weighted by atomic mass is 10.8. The number of rotatable bonds is 4. The highest BCUT2D eigenvalue weighted by Crippen LogP contribution is 1.89. The fourth-order valence-electron chi connectivity index (χ4n) is 0.209. The van der Waals surface area contributed by atoms with Gasteiger partial charge in [-0.25, -0.2) is 0 Å². The first-order chi connectivity index (χ1) is 3.41. The van der Waals surface area contributed by atoms with Gasteiger partial charge in [-0.15, -0.1) is 11.8 Å². The van der Waals surface area contributed by atoms with Crippen LogP contribution >= 0.6 is 24.0 Å². The molecule has 0 radical (unpaired) electrons. The minimum Gasteiger partial charge on any atom is -0.319 e. The van der Waals surface area contributed by atoms with Gasteiger partial charge in [0.15, 0.2) is 0 Å². The molecule has 42 valence electrons. The fraction of sp³-hybridized carbons (Fsp3) is 0.750. The van der Waals surface area contributed by atoms with E-state index in [0.717, 1.165) is 12.3 Å². The van der Waals surface area contributed by atoms with Crippen molar-refractivity contribution in [1.29, 1.82) is 0 Å². The van der Waals surface area contributed by atoms with E-state index in [4.69, 9.17) is 0 Å². The molecule has 0 heterocycles. The van der Waals surface area contributed by atoms with Gasteiger partial charge in [-0.3, -0.25) is 0 Å².